The second-order valence-corrected chi connectivity index (χ2v) is 7.79. The lowest BCUT2D eigenvalue weighted by molar-refractivity contribution is 0.224. The lowest BCUT2D eigenvalue weighted by atomic mass is 9.98. The third-order valence-electron chi connectivity index (χ3n) is 5.20. The molecule has 2 aliphatic heterocycles. The molecular formula is C23H32ClN5. The first kappa shape index (κ1) is 21.5. The molecule has 1 aliphatic carbocycles. The summed E-state index contributed by atoms with van der Waals surface area (Å²) >= 11 is 6.61. The Balaban J connectivity index is 1.75. The van der Waals surface area contributed by atoms with Gasteiger partial charge in [-0.05, 0) is 49.6 Å². The molecule has 0 spiro atoms. The maximum atomic E-state index is 6.61. The van der Waals surface area contributed by atoms with Gasteiger partial charge in [-0.15, -0.1) is 0 Å². The van der Waals surface area contributed by atoms with Crippen LogP contribution in [0.3, 0.4) is 0 Å². The van der Waals surface area contributed by atoms with Crippen molar-refractivity contribution < 1.29 is 0 Å². The van der Waals surface area contributed by atoms with Gasteiger partial charge in [0.25, 0.3) is 0 Å². The van der Waals surface area contributed by atoms with E-state index >= 15 is 0 Å². The minimum Gasteiger partial charge on any atom is -0.386 e. The van der Waals surface area contributed by atoms with Crippen LogP contribution in [0.4, 0.5) is 0 Å². The fourth-order valence-corrected chi connectivity index (χ4v) is 3.95. The molecule has 0 saturated carbocycles. The molecule has 0 aromatic heterocycles. The second-order valence-electron chi connectivity index (χ2n) is 7.38. The topological polar surface area (TPSA) is 51.7 Å². The zero-order chi connectivity index (χ0) is 20.6. The minimum absolute atomic E-state index is 0.469. The summed E-state index contributed by atoms with van der Waals surface area (Å²) in [6, 6.07) is 0.469. The molecule has 6 heteroatoms. The van der Waals surface area contributed by atoms with E-state index in [1.807, 2.05) is 25.3 Å². The normalized spacial score (nSPS) is 25.5. The third kappa shape index (κ3) is 5.43. The molecule has 5 nitrogen and oxygen atoms in total. The van der Waals surface area contributed by atoms with Crippen molar-refractivity contribution in [1.29, 1.82) is 0 Å². The van der Waals surface area contributed by atoms with Crippen LogP contribution < -0.4 is 16.0 Å². The molecular weight excluding hydrogens is 382 g/mol. The standard InChI is InChI=1S/C23H32ClN5/c1-4-6-18-12-20(24)19(13-21(18)27-8-5-2)15-28-22-16-25-9-7-23(22)29-11-10-26-14-17(29)3/h5-8,12-13,16-17,25-26,28H,4,9-11,14-15H2,1-3H3/b8-5-,18-6+,27-21+. The summed E-state index contributed by atoms with van der Waals surface area (Å²) in [5.41, 5.74) is 5.45. The van der Waals surface area contributed by atoms with Crippen LogP contribution in [-0.4, -0.2) is 49.4 Å². The van der Waals surface area contributed by atoms with Crippen LogP contribution in [0.1, 0.15) is 27.2 Å². The van der Waals surface area contributed by atoms with Crippen LogP contribution in [0, 0.1) is 0 Å². The van der Waals surface area contributed by atoms with Crippen LogP contribution >= 0.6 is 11.6 Å². The Labute approximate surface area is 179 Å². The quantitative estimate of drug-likeness (QED) is 0.623. The lowest BCUT2D eigenvalue weighted by Gasteiger charge is -2.39. The summed E-state index contributed by atoms with van der Waals surface area (Å²) < 4.78 is 0. The Morgan fingerprint density at radius 3 is 3.00 bits per heavy atom. The average molecular weight is 414 g/mol. The molecule has 1 fully saturated rings. The van der Waals surface area contributed by atoms with E-state index in [2.05, 4.69) is 64.1 Å². The summed E-state index contributed by atoms with van der Waals surface area (Å²) in [6.07, 6.45) is 15.3. The van der Waals surface area contributed by atoms with Gasteiger partial charge in [0, 0.05) is 56.2 Å². The molecule has 0 bridgehead atoms. The van der Waals surface area contributed by atoms with Gasteiger partial charge in [0.2, 0.25) is 0 Å². The minimum atomic E-state index is 0.469. The molecule has 156 valence electrons. The summed E-state index contributed by atoms with van der Waals surface area (Å²) in [6.45, 7) is 10.9. The number of nitrogens with one attached hydrogen (secondary N) is 3. The van der Waals surface area contributed by atoms with E-state index < -0.39 is 0 Å². The van der Waals surface area contributed by atoms with Gasteiger partial charge < -0.3 is 20.9 Å². The molecule has 0 radical (unpaired) electrons. The number of halogens is 1. The molecule has 0 aromatic carbocycles. The third-order valence-corrected chi connectivity index (χ3v) is 5.55. The molecule has 2 heterocycles. The van der Waals surface area contributed by atoms with Gasteiger partial charge in [0.1, 0.15) is 0 Å². The summed E-state index contributed by atoms with van der Waals surface area (Å²) in [5.74, 6) is 0. The largest absolute Gasteiger partial charge is 0.386 e. The van der Waals surface area contributed by atoms with Gasteiger partial charge in [-0.2, -0.15) is 0 Å². The van der Waals surface area contributed by atoms with Gasteiger partial charge in [-0.25, -0.2) is 0 Å². The Bertz CT molecular complexity index is 813. The Morgan fingerprint density at radius 1 is 1.38 bits per heavy atom. The number of hydrogen-bond donors (Lipinski definition) is 3. The molecule has 1 saturated heterocycles. The van der Waals surface area contributed by atoms with Crippen LogP contribution in [0.5, 0.6) is 0 Å². The van der Waals surface area contributed by atoms with Gasteiger partial charge in [-0.1, -0.05) is 30.7 Å². The summed E-state index contributed by atoms with van der Waals surface area (Å²) in [5, 5.41) is 11.1. The number of nitrogens with zero attached hydrogens (tertiary/aromatic N) is 2. The van der Waals surface area contributed by atoms with Crippen molar-refractivity contribution in [2.24, 2.45) is 4.99 Å². The Kier molecular flexibility index (Phi) is 7.78. The number of aliphatic imine (C=N–C) groups is 1. The van der Waals surface area contributed by atoms with Crippen molar-refractivity contribution in [2.75, 3.05) is 32.7 Å². The van der Waals surface area contributed by atoms with Crippen molar-refractivity contribution in [3.63, 3.8) is 0 Å². The fraction of sp³-hybridized carbons (Fsp3) is 0.435. The summed E-state index contributed by atoms with van der Waals surface area (Å²) in [7, 11) is 0. The first-order valence-corrected chi connectivity index (χ1v) is 10.8. The van der Waals surface area contributed by atoms with E-state index in [9.17, 15) is 0 Å². The van der Waals surface area contributed by atoms with Gasteiger partial charge in [-0.3, -0.25) is 4.99 Å². The fourth-order valence-electron chi connectivity index (χ4n) is 3.71. The number of allylic oxidation sites excluding steroid dienone is 5. The van der Waals surface area contributed by atoms with Crippen LogP contribution in [0.15, 0.2) is 75.3 Å². The van der Waals surface area contributed by atoms with Crippen molar-refractivity contribution >= 4 is 17.3 Å². The van der Waals surface area contributed by atoms with E-state index in [-0.39, 0.29) is 0 Å². The predicted octanol–water partition coefficient (Wildman–Crippen LogP) is 3.57. The van der Waals surface area contributed by atoms with E-state index in [1.54, 1.807) is 0 Å². The van der Waals surface area contributed by atoms with E-state index in [4.69, 9.17) is 11.6 Å². The molecule has 0 amide bonds. The highest BCUT2D eigenvalue weighted by Gasteiger charge is 2.24. The number of piperazine rings is 1. The molecule has 3 rings (SSSR count). The van der Waals surface area contributed by atoms with Crippen LogP contribution in [0.2, 0.25) is 0 Å². The second kappa shape index (κ2) is 10.5. The highest BCUT2D eigenvalue weighted by Crippen LogP contribution is 2.26. The van der Waals surface area contributed by atoms with Gasteiger partial charge in [0.05, 0.1) is 17.1 Å². The van der Waals surface area contributed by atoms with Crippen LogP contribution in [0.25, 0.3) is 0 Å². The SMILES string of the molecule is C\C=C/N=C1\C=C(CNC2=CNCC=C2N2CCNCC2C)C(Cl)=C\C1=C/CC. The van der Waals surface area contributed by atoms with Gasteiger partial charge >= 0.3 is 0 Å². The Hall–Kier alpha value is -2.24. The molecule has 3 aliphatic rings. The lowest BCUT2D eigenvalue weighted by Crippen LogP contribution is -2.50. The van der Waals surface area contributed by atoms with Crippen molar-refractivity contribution in [3.05, 3.63) is 70.4 Å². The molecule has 0 aromatic rings. The summed E-state index contributed by atoms with van der Waals surface area (Å²) in [4.78, 5) is 7.06. The van der Waals surface area contributed by atoms with Crippen molar-refractivity contribution in [2.45, 2.75) is 33.2 Å². The first-order chi connectivity index (χ1) is 14.1. The molecule has 1 atom stereocenters. The van der Waals surface area contributed by atoms with Gasteiger partial charge in [0.15, 0.2) is 0 Å². The molecule has 1 unspecified atom stereocenters. The average Bonchev–Trinajstić information content (AvgIpc) is 2.73. The maximum absolute atomic E-state index is 6.61. The van der Waals surface area contributed by atoms with E-state index in [0.29, 0.717) is 12.6 Å². The molecule has 3 N–H and O–H groups in total. The predicted molar refractivity (Wildman–Crippen MR) is 124 cm³/mol. The van der Waals surface area contributed by atoms with Crippen molar-refractivity contribution in [1.82, 2.24) is 20.9 Å². The van der Waals surface area contributed by atoms with Crippen molar-refractivity contribution in [3.8, 4) is 0 Å². The van der Waals surface area contributed by atoms with Crippen LogP contribution in [-0.2, 0) is 0 Å². The highest BCUT2D eigenvalue weighted by atomic mass is 35.5. The highest BCUT2D eigenvalue weighted by molar-refractivity contribution is 6.34. The zero-order valence-corrected chi connectivity index (χ0v) is 18.4. The Morgan fingerprint density at radius 2 is 2.24 bits per heavy atom. The monoisotopic (exact) mass is 413 g/mol. The zero-order valence-electron chi connectivity index (χ0n) is 17.6. The number of hydrogen-bond acceptors (Lipinski definition) is 5. The number of dihydropyridines is 1. The number of rotatable bonds is 6. The maximum Gasteiger partial charge on any atom is 0.0737 e. The smallest absolute Gasteiger partial charge is 0.0737 e. The van der Waals surface area contributed by atoms with E-state index in [0.717, 1.165) is 60.2 Å². The first-order valence-electron chi connectivity index (χ1n) is 10.5. The van der Waals surface area contributed by atoms with E-state index in [1.165, 1.54) is 5.70 Å². The molecule has 29 heavy (non-hydrogen) atoms.